The van der Waals surface area contributed by atoms with Crippen LogP contribution in [0.2, 0.25) is 0 Å². The molecule has 0 spiro atoms. The molecule has 1 aliphatic carbocycles. The molecule has 2 heterocycles. The van der Waals surface area contributed by atoms with Crippen LogP contribution in [0.15, 0.2) is 6.07 Å². The van der Waals surface area contributed by atoms with E-state index in [0.29, 0.717) is 12.6 Å². The van der Waals surface area contributed by atoms with Crippen LogP contribution in [0.5, 0.6) is 0 Å². The number of ether oxygens (including phenoxy) is 1. The highest BCUT2D eigenvalue weighted by Crippen LogP contribution is 2.38. The summed E-state index contributed by atoms with van der Waals surface area (Å²) in [5.74, 6) is 0.241. The third-order valence-electron chi connectivity index (χ3n) is 4.70. The summed E-state index contributed by atoms with van der Waals surface area (Å²) in [6.45, 7) is 12.6. The van der Waals surface area contributed by atoms with E-state index in [2.05, 4.69) is 50.2 Å². The summed E-state index contributed by atoms with van der Waals surface area (Å²) in [5, 5.41) is 0. The van der Waals surface area contributed by atoms with Crippen molar-refractivity contribution in [2.45, 2.75) is 65.2 Å². The van der Waals surface area contributed by atoms with Crippen LogP contribution in [0.3, 0.4) is 0 Å². The van der Waals surface area contributed by atoms with Gasteiger partial charge in [0.1, 0.15) is 0 Å². The van der Waals surface area contributed by atoms with Crippen LogP contribution in [0, 0.1) is 13.8 Å². The summed E-state index contributed by atoms with van der Waals surface area (Å²) in [6.07, 6.45) is 2.67. The number of hydrogen-bond acceptors (Lipinski definition) is 3. The maximum Gasteiger partial charge on any atom is 0.178 e. The number of carbonyl (C=O) groups excluding carboxylic acids is 1. The van der Waals surface area contributed by atoms with Crippen molar-refractivity contribution in [1.29, 1.82) is 0 Å². The monoisotopic (exact) mass is 304 g/mol. The number of Topliss-reactive ketones (excluding diaryl/α,β-unsaturated/α-hetero) is 1. The first-order valence-corrected chi connectivity index (χ1v) is 8.38. The molecule has 122 valence electrons. The molecule has 0 bridgehead atoms. The number of hydrogen-bond donors (Lipinski definition) is 0. The molecule has 0 amide bonds. The van der Waals surface area contributed by atoms with Crippen LogP contribution in [0.1, 0.15) is 61.4 Å². The smallest absolute Gasteiger partial charge is 0.178 e. The Morgan fingerprint density at radius 1 is 1.36 bits per heavy atom. The normalized spacial score (nSPS) is 25.4. The van der Waals surface area contributed by atoms with Gasteiger partial charge in [-0.25, -0.2) is 0 Å². The van der Waals surface area contributed by atoms with Gasteiger partial charge in [0.15, 0.2) is 5.78 Å². The Balaban J connectivity index is 1.73. The second kappa shape index (κ2) is 5.50. The molecule has 0 unspecified atom stereocenters. The summed E-state index contributed by atoms with van der Waals surface area (Å²) in [6, 6.07) is 2.70. The summed E-state index contributed by atoms with van der Waals surface area (Å²) >= 11 is 0. The Labute approximate surface area is 133 Å². The summed E-state index contributed by atoms with van der Waals surface area (Å²) in [5.41, 5.74) is 3.09. The molecule has 2 aliphatic rings. The molecular formula is C18H28N2O2. The van der Waals surface area contributed by atoms with Crippen LogP contribution < -0.4 is 0 Å². The van der Waals surface area contributed by atoms with Gasteiger partial charge in [-0.15, -0.1) is 0 Å². The Morgan fingerprint density at radius 2 is 2.05 bits per heavy atom. The van der Waals surface area contributed by atoms with Crippen molar-refractivity contribution in [3.05, 3.63) is 23.0 Å². The molecule has 1 saturated heterocycles. The van der Waals surface area contributed by atoms with Crippen molar-refractivity contribution >= 4 is 5.78 Å². The molecule has 0 radical (unpaired) electrons. The van der Waals surface area contributed by atoms with Crippen molar-refractivity contribution in [2.75, 3.05) is 19.6 Å². The van der Waals surface area contributed by atoms with E-state index in [1.807, 2.05) is 0 Å². The fraction of sp³-hybridized carbons (Fsp3) is 0.722. The van der Waals surface area contributed by atoms with Gasteiger partial charge in [0.2, 0.25) is 0 Å². The summed E-state index contributed by atoms with van der Waals surface area (Å²) < 4.78 is 8.27. The third kappa shape index (κ3) is 3.13. The fourth-order valence-corrected chi connectivity index (χ4v) is 3.95. The first-order valence-electron chi connectivity index (χ1n) is 8.38. The number of morpholine rings is 1. The van der Waals surface area contributed by atoms with Crippen molar-refractivity contribution in [3.63, 3.8) is 0 Å². The van der Waals surface area contributed by atoms with Gasteiger partial charge in [-0.05, 0) is 53.5 Å². The van der Waals surface area contributed by atoms with E-state index < -0.39 is 0 Å². The van der Waals surface area contributed by atoms with Crippen molar-refractivity contribution < 1.29 is 9.53 Å². The predicted molar refractivity (Wildman–Crippen MR) is 87.6 cm³/mol. The average Bonchev–Trinajstić information content (AvgIpc) is 3.13. The number of carbonyl (C=O) groups is 1. The van der Waals surface area contributed by atoms with Crippen LogP contribution in [-0.2, 0) is 4.74 Å². The summed E-state index contributed by atoms with van der Waals surface area (Å²) in [4.78, 5) is 15.0. The molecule has 0 N–H and O–H groups in total. The van der Waals surface area contributed by atoms with E-state index in [-0.39, 0.29) is 17.5 Å². The molecule has 3 rings (SSSR count). The van der Waals surface area contributed by atoms with Crippen LogP contribution in [-0.4, -0.2) is 46.6 Å². The van der Waals surface area contributed by atoms with Crippen LogP contribution in [0.25, 0.3) is 0 Å². The molecule has 1 saturated carbocycles. The number of nitrogens with zero attached hydrogens (tertiary/aromatic N) is 2. The lowest BCUT2D eigenvalue weighted by Crippen LogP contribution is -2.53. The zero-order valence-corrected chi connectivity index (χ0v) is 14.5. The molecule has 4 heteroatoms. The Bertz CT molecular complexity index is 584. The fourth-order valence-electron chi connectivity index (χ4n) is 3.95. The summed E-state index contributed by atoms with van der Waals surface area (Å²) in [7, 11) is 0. The van der Waals surface area contributed by atoms with Gasteiger partial charge >= 0.3 is 0 Å². The van der Waals surface area contributed by atoms with Gasteiger partial charge in [-0.2, -0.15) is 0 Å². The number of aryl methyl sites for hydroxylation is 1. The van der Waals surface area contributed by atoms with Crippen molar-refractivity contribution in [1.82, 2.24) is 9.47 Å². The molecule has 22 heavy (non-hydrogen) atoms. The van der Waals surface area contributed by atoms with Crippen molar-refractivity contribution in [2.24, 2.45) is 0 Å². The van der Waals surface area contributed by atoms with E-state index in [1.54, 1.807) is 0 Å². The standard InChI is InChI=1S/C18H28N2O2/c1-12-8-16(14(3)20(12)15-6-7-15)17(21)10-19-9-13(2)22-18(4,5)11-19/h8,13,15H,6-7,9-11H2,1-5H3/t13-/m0/s1. The molecule has 1 aromatic heterocycles. The molecule has 1 aliphatic heterocycles. The molecular weight excluding hydrogens is 276 g/mol. The Hall–Kier alpha value is -1.13. The zero-order valence-electron chi connectivity index (χ0n) is 14.5. The first kappa shape index (κ1) is 15.8. The average molecular weight is 304 g/mol. The molecule has 1 aromatic rings. The highest BCUT2D eigenvalue weighted by atomic mass is 16.5. The lowest BCUT2D eigenvalue weighted by Gasteiger charge is -2.41. The van der Waals surface area contributed by atoms with E-state index in [4.69, 9.17) is 4.74 Å². The lowest BCUT2D eigenvalue weighted by molar-refractivity contribution is -0.126. The van der Waals surface area contributed by atoms with E-state index in [0.717, 1.165) is 24.3 Å². The Kier molecular flexibility index (Phi) is 3.94. The molecule has 1 atom stereocenters. The quantitative estimate of drug-likeness (QED) is 0.802. The van der Waals surface area contributed by atoms with E-state index >= 15 is 0 Å². The first-order chi connectivity index (χ1) is 10.3. The van der Waals surface area contributed by atoms with E-state index in [9.17, 15) is 4.79 Å². The lowest BCUT2D eigenvalue weighted by atomic mass is 10.0. The SMILES string of the molecule is Cc1cc(C(=O)CN2C[C@H](C)OC(C)(C)C2)c(C)n1C1CC1. The van der Waals surface area contributed by atoms with Crippen LogP contribution >= 0.6 is 0 Å². The van der Waals surface area contributed by atoms with Gasteiger partial charge in [0.05, 0.1) is 18.2 Å². The minimum absolute atomic E-state index is 0.176. The third-order valence-corrected chi connectivity index (χ3v) is 4.70. The van der Waals surface area contributed by atoms with Gasteiger partial charge in [-0.3, -0.25) is 9.69 Å². The highest BCUT2D eigenvalue weighted by Gasteiger charge is 2.33. The second-order valence-electron chi connectivity index (χ2n) is 7.67. The second-order valence-corrected chi connectivity index (χ2v) is 7.67. The predicted octanol–water partition coefficient (Wildman–Crippen LogP) is 3.12. The maximum absolute atomic E-state index is 12.8. The van der Waals surface area contributed by atoms with Gasteiger partial charge in [-0.1, -0.05) is 0 Å². The largest absolute Gasteiger partial charge is 0.370 e. The highest BCUT2D eigenvalue weighted by molar-refractivity contribution is 5.99. The maximum atomic E-state index is 12.8. The minimum atomic E-state index is -0.178. The number of aromatic nitrogens is 1. The van der Waals surface area contributed by atoms with Gasteiger partial charge in [0, 0.05) is 36.1 Å². The molecule has 0 aromatic carbocycles. The Morgan fingerprint density at radius 3 is 2.64 bits per heavy atom. The van der Waals surface area contributed by atoms with Gasteiger partial charge in [0.25, 0.3) is 0 Å². The van der Waals surface area contributed by atoms with Gasteiger partial charge < -0.3 is 9.30 Å². The number of rotatable bonds is 4. The topological polar surface area (TPSA) is 34.5 Å². The zero-order chi connectivity index (χ0) is 16.1. The molecule has 2 fully saturated rings. The number of ketones is 1. The van der Waals surface area contributed by atoms with E-state index in [1.165, 1.54) is 18.5 Å². The minimum Gasteiger partial charge on any atom is -0.370 e. The molecule has 4 nitrogen and oxygen atoms in total. The van der Waals surface area contributed by atoms with Crippen LogP contribution in [0.4, 0.5) is 0 Å². The van der Waals surface area contributed by atoms with Crippen molar-refractivity contribution in [3.8, 4) is 0 Å².